The molecule has 3 rings (SSSR count). The summed E-state index contributed by atoms with van der Waals surface area (Å²) < 4.78 is 0. The van der Waals surface area contributed by atoms with Gasteiger partial charge in [0.2, 0.25) is 5.91 Å². The van der Waals surface area contributed by atoms with Crippen LogP contribution in [-0.2, 0) is 4.79 Å². The topological polar surface area (TPSA) is 52.9 Å². The van der Waals surface area contributed by atoms with Crippen LogP contribution in [0, 0.1) is 0 Å². The first kappa shape index (κ1) is 14.5. The first-order valence-corrected chi connectivity index (χ1v) is 7.42. The van der Waals surface area contributed by atoms with Crippen LogP contribution in [0.5, 0.6) is 0 Å². The smallest absolute Gasteiger partial charge is 0.243 e. The van der Waals surface area contributed by atoms with Gasteiger partial charge in [-0.05, 0) is 16.7 Å². The molecule has 22 heavy (non-hydrogen) atoms. The number of β-amino-alcohol motifs (C(OH)–C–C–N with tert-alkyl or cyclic N) is 1. The van der Waals surface area contributed by atoms with Gasteiger partial charge in [0.1, 0.15) is 0 Å². The predicted octanol–water partition coefficient (Wildman–Crippen LogP) is 2.67. The van der Waals surface area contributed by atoms with Gasteiger partial charge in [-0.25, -0.2) is 5.01 Å². The van der Waals surface area contributed by atoms with E-state index in [4.69, 9.17) is 5.11 Å². The van der Waals surface area contributed by atoms with Crippen molar-refractivity contribution in [1.82, 2.24) is 5.01 Å². The fourth-order valence-electron chi connectivity index (χ4n) is 2.56. The van der Waals surface area contributed by atoms with Gasteiger partial charge >= 0.3 is 0 Å². The lowest BCUT2D eigenvalue weighted by molar-refractivity contribution is -0.132. The molecule has 1 N–H and O–H groups in total. The molecule has 0 spiro atoms. The van der Waals surface area contributed by atoms with Crippen molar-refractivity contribution in [3.05, 3.63) is 60.2 Å². The number of amides is 1. The molecule has 1 heterocycles. The Morgan fingerprint density at radius 2 is 1.55 bits per heavy atom. The summed E-state index contributed by atoms with van der Waals surface area (Å²) in [7, 11) is 0. The van der Waals surface area contributed by atoms with E-state index in [0.717, 1.165) is 16.8 Å². The Balaban J connectivity index is 1.84. The number of aliphatic hydroxyl groups excluding tert-OH is 1. The molecule has 4 heteroatoms. The number of rotatable bonds is 4. The van der Waals surface area contributed by atoms with E-state index in [1.165, 1.54) is 10.6 Å². The third-order valence-electron chi connectivity index (χ3n) is 3.74. The van der Waals surface area contributed by atoms with Crippen molar-refractivity contribution in [2.24, 2.45) is 5.10 Å². The van der Waals surface area contributed by atoms with Gasteiger partial charge in [0.25, 0.3) is 0 Å². The molecule has 2 aromatic carbocycles. The maximum Gasteiger partial charge on any atom is 0.243 e. The van der Waals surface area contributed by atoms with Crippen LogP contribution in [0.4, 0.5) is 0 Å². The number of hydrogen-bond acceptors (Lipinski definition) is 3. The number of aliphatic hydroxyl groups is 1. The lowest BCUT2D eigenvalue weighted by Gasteiger charge is -2.23. The molecule has 112 valence electrons. The molecule has 0 radical (unpaired) electrons. The fourth-order valence-corrected chi connectivity index (χ4v) is 2.56. The number of hydrogen-bond donors (Lipinski definition) is 1. The van der Waals surface area contributed by atoms with E-state index in [0.29, 0.717) is 12.8 Å². The summed E-state index contributed by atoms with van der Waals surface area (Å²) in [5.41, 5.74) is 4.25. The minimum Gasteiger partial charge on any atom is -0.394 e. The minimum absolute atomic E-state index is 0.0290. The fraction of sp³-hybridized carbons (Fsp3) is 0.222. The van der Waals surface area contributed by atoms with Crippen molar-refractivity contribution >= 4 is 11.6 Å². The van der Waals surface area contributed by atoms with E-state index in [2.05, 4.69) is 29.4 Å². The Morgan fingerprint density at radius 1 is 0.909 bits per heavy atom. The van der Waals surface area contributed by atoms with Crippen LogP contribution >= 0.6 is 0 Å². The second-order valence-electron chi connectivity index (χ2n) is 5.23. The predicted molar refractivity (Wildman–Crippen MR) is 86.4 cm³/mol. The molecule has 0 saturated carbocycles. The van der Waals surface area contributed by atoms with Gasteiger partial charge in [-0.15, -0.1) is 0 Å². The van der Waals surface area contributed by atoms with E-state index >= 15 is 0 Å². The summed E-state index contributed by atoms with van der Waals surface area (Å²) in [6.45, 7) is 0.180. The van der Waals surface area contributed by atoms with E-state index in [9.17, 15) is 4.79 Å². The Bertz CT molecular complexity index is 678. The van der Waals surface area contributed by atoms with Gasteiger partial charge in [-0.3, -0.25) is 4.79 Å². The van der Waals surface area contributed by atoms with Gasteiger partial charge in [-0.2, -0.15) is 5.10 Å². The van der Waals surface area contributed by atoms with Crippen LogP contribution in [0.1, 0.15) is 18.4 Å². The molecule has 1 aliphatic heterocycles. The lowest BCUT2D eigenvalue weighted by Crippen LogP contribution is -2.34. The summed E-state index contributed by atoms with van der Waals surface area (Å²) in [4.78, 5) is 11.7. The zero-order chi connectivity index (χ0) is 15.4. The highest BCUT2D eigenvalue weighted by Gasteiger charge is 2.20. The van der Waals surface area contributed by atoms with Crippen molar-refractivity contribution in [2.45, 2.75) is 12.8 Å². The zero-order valence-corrected chi connectivity index (χ0v) is 12.3. The Morgan fingerprint density at radius 3 is 2.23 bits per heavy atom. The number of nitrogens with zero attached hydrogens (tertiary/aromatic N) is 2. The molecule has 1 aliphatic rings. The third kappa shape index (κ3) is 3.07. The standard InChI is InChI=1S/C18H18N2O2/c21-13-12-20-18(22)11-10-17(19-20)16-8-6-15(7-9-16)14-4-2-1-3-5-14/h1-9,21H,10-13H2. The van der Waals surface area contributed by atoms with Gasteiger partial charge in [0, 0.05) is 12.8 Å². The highest BCUT2D eigenvalue weighted by Crippen LogP contribution is 2.21. The average molecular weight is 294 g/mol. The highest BCUT2D eigenvalue weighted by atomic mass is 16.3. The number of hydrazone groups is 1. The summed E-state index contributed by atoms with van der Waals surface area (Å²) in [5, 5.41) is 14.7. The molecule has 4 nitrogen and oxygen atoms in total. The molecule has 1 amide bonds. The van der Waals surface area contributed by atoms with Crippen molar-refractivity contribution in [2.75, 3.05) is 13.2 Å². The number of carbonyl (C=O) groups is 1. The number of carbonyl (C=O) groups excluding carboxylic acids is 1. The van der Waals surface area contributed by atoms with Crippen LogP contribution < -0.4 is 0 Å². The molecule has 0 saturated heterocycles. The van der Waals surface area contributed by atoms with Crippen molar-refractivity contribution in [1.29, 1.82) is 0 Å². The highest BCUT2D eigenvalue weighted by molar-refractivity contribution is 6.04. The molecule has 0 fully saturated rings. The van der Waals surface area contributed by atoms with Crippen molar-refractivity contribution in [3.63, 3.8) is 0 Å². The van der Waals surface area contributed by atoms with Crippen LogP contribution in [0.2, 0.25) is 0 Å². The van der Waals surface area contributed by atoms with E-state index < -0.39 is 0 Å². The summed E-state index contributed by atoms with van der Waals surface area (Å²) in [5.74, 6) is -0.0290. The van der Waals surface area contributed by atoms with Gasteiger partial charge in [0.05, 0.1) is 18.9 Å². The van der Waals surface area contributed by atoms with Crippen LogP contribution in [0.3, 0.4) is 0 Å². The second-order valence-corrected chi connectivity index (χ2v) is 5.23. The normalized spacial score (nSPS) is 14.9. The number of benzene rings is 2. The first-order valence-electron chi connectivity index (χ1n) is 7.42. The van der Waals surface area contributed by atoms with Crippen LogP contribution in [-0.4, -0.2) is 34.9 Å². The molecule has 0 unspecified atom stereocenters. The Labute approximate surface area is 129 Å². The summed E-state index contributed by atoms with van der Waals surface area (Å²) >= 11 is 0. The third-order valence-corrected chi connectivity index (χ3v) is 3.74. The maximum absolute atomic E-state index is 11.7. The largest absolute Gasteiger partial charge is 0.394 e. The van der Waals surface area contributed by atoms with Gasteiger partial charge in [-0.1, -0.05) is 54.6 Å². The molecule has 2 aromatic rings. The monoisotopic (exact) mass is 294 g/mol. The first-order chi connectivity index (χ1) is 10.8. The minimum atomic E-state index is -0.0739. The van der Waals surface area contributed by atoms with Crippen LogP contribution in [0.25, 0.3) is 11.1 Å². The maximum atomic E-state index is 11.7. The lowest BCUT2D eigenvalue weighted by atomic mass is 10.00. The summed E-state index contributed by atoms with van der Waals surface area (Å²) in [6, 6.07) is 18.4. The molecular formula is C18H18N2O2. The van der Waals surface area contributed by atoms with Crippen molar-refractivity contribution in [3.8, 4) is 11.1 Å². The van der Waals surface area contributed by atoms with Crippen molar-refractivity contribution < 1.29 is 9.90 Å². The molecule has 0 bridgehead atoms. The van der Waals surface area contributed by atoms with Gasteiger partial charge in [0.15, 0.2) is 0 Å². The molecular weight excluding hydrogens is 276 g/mol. The van der Waals surface area contributed by atoms with Gasteiger partial charge < -0.3 is 5.11 Å². The molecule has 0 atom stereocenters. The average Bonchev–Trinajstić information content (AvgIpc) is 2.58. The van der Waals surface area contributed by atoms with E-state index in [1.54, 1.807) is 0 Å². The second kappa shape index (κ2) is 6.54. The molecule has 0 aliphatic carbocycles. The molecule has 0 aromatic heterocycles. The van der Waals surface area contributed by atoms with E-state index in [-0.39, 0.29) is 19.1 Å². The zero-order valence-electron chi connectivity index (χ0n) is 12.3. The Kier molecular flexibility index (Phi) is 4.30. The quantitative estimate of drug-likeness (QED) is 0.942. The van der Waals surface area contributed by atoms with E-state index in [1.807, 2.05) is 30.3 Å². The Hall–Kier alpha value is -2.46. The van der Waals surface area contributed by atoms with Crippen LogP contribution in [0.15, 0.2) is 59.7 Å². The summed E-state index contributed by atoms with van der Waals surface area (Å²) in [6.07, 6.45) is 1.09. The SMILES string of the molecule is O=C1CCC(c2ccc(-c3ccccc3)cc2)=NN1CCO.